The van der Waals surface area contributed by atoms with Gasteiger partial charge in [-0.25, -0.2) is 0 Å². The van der Waals surface area contributed by atoms with E-state index in [9.17, 15) is 4.79 Å². The van der Waals surface area contributed by atoms with Crippen LogP contribution < -0.4 is 5.32 Å². The first-order valence-electron chi connectivity index (χ1n) is 5.55. The van der Waals surface area contributed by atoms with E-state index in [1.54, 1.807) is 12.1 Å². The summed E-state index contributed by atoms with van der Waals surface area (Å²) in [6, 6.07) is 17.2. The lowest BCUT2D eigenvalue weighted by atomic mass is 10.1. The summed E-state index contributed by atoms with van der Waals surface area (Å²) in [7, 11) is 0. The smallest absolute Gasteiger partial charge is 0.255 e. The number of para-hydroxylation sites is 1. The van der Waals surface area contributed by atoms with Crippen molar-refractivity contribution in [1.29, 1.82) is 10.5 Å². The molecule has 4 heteroatoms. The zero-order chi connectivity index (χ0) is 13.7. The van der Waals surface area contributed by atoms with Gasteiger partial charge in [0.2, 0.25) is 0 Å². The van der Waals surface area contributed by atoms with E-state index >= 15 is 0 Å². The number of benzene rings is 2. The van der Waals surface area contributed by atoms with Crippen molar-refractivity contribution in [2.45, 2.75) is 0 Å². The van der Waals surface area contributed by atoms with Gasteiger partial charge in [0.15, 0.2) is 0 Å². The van der Waals surface area contributed by atoms with Crippen LogP contribution in [0.1, 0.15) is 21.5 Å². The summed E-state index contributed by atoms with van der Waals surface area (Å²) in [5.74, 6) is -0.313. The SMILES string of the molecule is N#Cc1ccc(C(=O)Nc2ccccc2)cc1C#N. The lowest BCUT2D eigenvalue weighted by Gasteiger charge is -2.05. The molecule has 0 saturated heterocycles. The van der Waals surface area contributed by atoms with E-state index in [-0.39, 0.29) is 17.0 Å². The van der Waals surface area contributed by atoms with Crippen LogP contribution >= 0.6 is 0 Å². The standard InChI is InChI=1S/C15H9N3O/c16-9-12-7-6-11(8-13(12)10-17)15(19)18-14-4-2-1-3-5-14/h1-8H,(H,18,19). The van der Waals surface area contributed by atoms with Crippen molar-refractivity contribution in [3.8, 4) is 12.1 Å². The highest BCUT2D eigenvalue weighted by Crippen LogP contribution is 2.13. The highest BCUT2D eigenvalue weighted by atomic mass is 16.1. The van der Waals surface area contributed by atoms with Gasteiger partial charge in [0.1, 0.15) is 12.1 Å². The first-order chi connectivity index (χ1) is 9.24. The first kappa shape index (κ1) is 12.3. The third-order valence-electron chi connectivity index (χ3n) is 2.55. The topological polar surface area (TPSA) is 76.7 Å². The Balaban J connectivity index is 2.26. The molecule has 90 valence electrons. The van der Waals surface area contributed by atoms with Gasteiger partial charge in [0, 0.05) is 11.3 Å². The molecule has 0 spiro atoms. The number of amides is 1. The Hall–Kier alpha value is -3.11. The maximum Gasteiger partial charge on any atom is 0.255 e. The molecule has 0 aromatic heterocycles. The van der Waals surface area contributed by atoms with E-state index in [0.717, 1.165) is 0 Å². The van der Waals surface area contributed by atoms with Crippen LogP contribution in [0.25, 0.3) is 0 Å². The Morgan fingerprint density at radius 1 is 0.947 bits per heavy atom. The Morgan fingerprint density at radius 2 is 1.63 bits per heavy atom. The third-order valence-corrected chi connectivity index (χ3v) is 2.55. The molecule has 0 radical (unpaired) electrons. The maximum atomic E-state index is 12.0. The molecular formula is C15H9N3O. The van der Waals surface area contributed by atoms with E-state index in [2.05, 4.69) is 5.32 Å². The lowest BCUT2D eigenvalue weighted by Crippen LogP contribution is -2.12. The van der Waals surface area contributed by atoms with Gasteiger partial charge in [-0.2, -0.15) is 10.5 Å². The quantitative estimate of drug-likeness (QED) is 0.886. The minimum atomic E-state index is -0.313. The molecule has 2 aromatic carbocycles. The average Bonchev–Trinajstić information content (AvgIpc) is 2.47. The summed E-state index contributed by atoms with van der Waals surface area (Å²) in [5.41, 5.74) is 1.48. The Morgan fingerprint density at radius 3 is 2.26 bits per heavy atom. The zero-order valence-electron chi connectivity index (χ0n) is 9.92. The predicted octanol–water partition coefficient (Wildman–Crippen LogP) is 2.68. The molecule has 2 rings (SSSR count). The highest BCUT2D eigenvalue weighted by Gasteiger charge is 2.09. The molecule has 0 saturated carbocycles. The molecular weight excluding hydrogens is 238 g/mol. The molecule has 1 amide bonds. The van der Waals surface area contributed by atoms with Gasteiger partial charge >= 0.3 is 0 Å². The second kappa shape index (κ2) is 5.48. The Bertz CT molecular complexity index is 694. The summed E-state index contributed by atoms with van der Waals surface area (Å²) in [4.78, 5) is 12.0. The molecule has 0 aliphatic heterocycles. The third kappa shape index (κ3) is 2.77. The number of anilines is 1. The van der Waals surface area contributed by atoms with Crippen molar-refractivity contribution in [3.05, 3.63) is 65.2 Å². The molecule has 4 nitrogen and oxygen atoms in total. The first-order valence-corrected chi connectivity index (χ1v) is 5.55. The molecule has 0 fully saturated rings. The van der Waals surface area contributed by atoms with E-state index in [1.165, 1.54) is 18.2 Å². The van der Waals surface area contributed by atoms with Crippen LogP contribution in [0.4, 0.5) is 5.69 Å². The van der Waals surface area contributed by atoms with E-state index in [4.69, 9.17) is 10.5 Å². The van der Waals surface area contributed by atoms with Crippen LogP contribution in [-0.2, 0) is 0 Å². The molecule has 1 N–H and O–H groups in total. The van der Waals surface area contributed by atoms with Gasteiger partial charge in [-0.05, 0) is 30.3 Å². The number of hydrogen-bond donors (Lipinski definition) is 1. The van der Waals surface area contributed by atoms with Crippen molar-refractivity contribution in [1.82, 2.24) is 0 Å². The second-order valence-electron chi connectivity index (χ2n) is 3.80. The molecule has 0 unspecified atom stereocenters. The van der Waals surface area contributed by atoms with Crippen LogP contribution in [0.15, 0.2) is 48.5 Å². The number of hydrogen-bond acceptors (Lipinski definition) is 3. The van der Waals surface area contributed by atoms with Crippen molar-refractivity contribution in [2.75, 3.05) is 5.32 Å². The molecule has 0 heterocycles. The van der Waals surface area contributed by atoms with Crippen molar-refractivity contribution >= 4 is 11.6 Å². The predicted molar refractivity (Wildman–Crippen MR) is 70.3 cm³/mol. The fourth-order valence-electron chi connectivity index (χ4n) is 1.60. The average molecular weight is 247 g/mol. The van der Waals surface area contributed by atoms with Gasteiger partial charge in [-0.15, -0.1) is 0 Å². The van der Waals surface area contributed by atoms with Crippen LogP contribution in [0.5, 0.6) is 0 Å². The highest BCUT2D eigenvalue weighted by molar-refractivity contribution is 6.04. The van der Waals surface area contributed by atoms with Crippen molar-refractivity contribution < 1.29 is 4.79 Å². The number of rotatable bonds is 2. The fourth-order valence-corrected chi connectivity index (χ4v) is 1.60. The van der Waals surface area contributed by atoms with Crippen molar-refractivity contribution in [2.24, 2.45) is 0 Å². The zero-order valence-corrected chi connectivity index (χ0v) is 9.92. The number of nitrogens with one attached hydrogen (secondary N) is 1. The number of nitrogens with zero attached hydrogens (tertiary/aromatic N) is 2. The molecule has 0 atom stereocenters. The van der Waals surface area contributed by atoms with Crippen LogP contribution in [-0.4, -0.2) is 5.91 Å². The Kier molecular flexibility index (Phi) is 3.56. The minimum absolute atomic E-state index is 0.197. The molecule has 19 heavy (non-hydrogen) atoms. The summed E-state index contributed by atoms with van der Waals surface area (Å²) >= 11 is 0. The summed E-state index contributed by atoms with van der Waals surface area (Å²) in [6.07, 6.45) is 0. The lowest BCUT2D eigenvalue weighted by molar-refractivity contribution is 0.102. The second-order valence-corrected chi connectivity index (χ2v) is 3.80. The summed E-state index contributed by atoms with van der Waals surface area (Å²) in [5, 5.41) is 20.4. The largest absolute Gasteiger partial charge is 0.322 e. The van der Waals surface area contributed by atoms with Gasteiger partial charge in [-0.3, -0.25) is 4.79 Å². The molecule has 0 aliphatic rings. The van der Waals surface area contributed by atoms with Crippen LogP contribution in [0.3, 0.4) is 0 Å². The molecule has 0 bridgehead atoms. The van der Waals surface area contributed by atoms with Gasteiger partial charge in [0.25, 0.3) is 5.91 Å². The molecule has 0 aliphatic carbocycles. The number of carbonyl (C=O) groups is 1. The van der Waals surface area contributed by atoms with Crippen LogP contribution in [0, 0.1) is 22.7 Å². The van der Waals surface area contributed by atoms with Crippen molar-refractivity contribution in [3.63, 3.8) is 0 Å². The van der Waals surface area contributed by atoms with Gasteiger partial charge < -0.3 is 5.32 Å². The van der Waals surface area contributed by atoms with Gasteiger partial charge in [0.05, 0.1) is 11.1 Å². The Labute approximate surface area is 110 Å². The fraction of sp³-hybridized carbons (Fsp3) is 0. The van der Waals surface area contributed by atoms with Gasteiger partial charge in [-0.1, -0.05) is 18.2 Å². The number of nitriles is 2. The normalized spacial score (nSPS) is 9.16. The van der Waals surface area contributed by atoms with E-state index in [1.807, 2.05) is 30.3 Å². The monoisotopic (exact) mass is 247 g/mol. The van der Waals surface area contributed by atoms with Crippen LogP contribution in [0.2, 0.25) is 0 Å². The summed E-state index contributed by atoms with van der Waals surface area (Å²) in [6.45, 7) is 0. The molecule has 2 aromatic rings. The maximum absolute atomic E-state index is 12.0. The van der Waals surface area contributed by atoms with E-state index in [0.29, 0.717) is 11.3 Å². The number of carbonyl (C=O) groups excluding carboxylic acids is 1. The minimum Gasteiger partial charge on any atom is -0.322 e. The van der Waals surface area contributed by atoms with E-state index < -0.39 is 0 Å². The summed E-state index contributed by atoms with van der Waals surface area (Å²) < 4.78 is 0.